The van der Waals surface area contributed by atoms with E-state index < -0.39 is 0 Å². The van der Waals surface area contributed by atoms with Crippen LogP contribution in [-0.4, -0.2) is 16.7 Å². The van der Waals surface area contributed by atoms with E-state index in [2.05, 4.69) is 10.3 Å². The van der Waals surface area contributed by atoms with Gasteiger partial charge in [-0.2, -0.15) is 0 Å². The average Bonchev–Trinajstić information content (AvgIpc) is 2.45. The Morgan fingerprint density at radius 2 is 2.00 bits per heavy atom. The van der Waals surface area contributed by atoms with E-state index in [1.54, 1.807) is 24.1 Å². The number of hydrogen-bond acceptors (Lipinski definition) is 4. The molecular formula is C16H21N3O2. The van der Waals surface area contributed by atoms with Crippen LogP contribution in [-0.2, 0) is 12.1 Å². The van der Waals surface area contributed by atoms with Gasteiger partial charge in [0, 0.05) is 30.0 Å². The zero-order valence-electron chi connectivity index (χ0n) is 12.9. The van der Waals surface area contributed by atoms with Crippen molar-refractivity contribution in [1.82, 2.24) is 9.55 Å². The molecule has 0 amide bonds. The first-order chi connectivity index (χ1) is 9.93. The molecule has 1 aromatic carbocycles. The zero-order valence-corrected chi connectivity index (χ0v) is 12.9. The van der Waals surface area contributed by atoms with Gasteiger partial charge in [0.05, 0.1) is 7.11 Å². The normalized spacial score (nSPS) is 11.2. The van der Waals surface area contributed by atoms with Gasteiger partial charge in [-0.25, -0.2) is 4.98 Å². The maximum absolute atomic E-state index is 12.4. The van der Waals surface area contributed by atoms with E-state index in [1.165, 1.54) is 0 Å². The summed E-state index contributed by atoms with van der Waals surface area (Å²) >= 11 is 0. The van der Waals surface area contributed by atoms with Crippen LogP contribution in [0.15, 0.2) is 41.5 Å². The van der Waals surface area contributed by atoms with Crippen molar-refractivity contribution in [3.63, 3.8) is 0 Å². The van der Waals surface area contributed by atoms with Crippen molar-refractivity contribution in [2.24, 2.45) is 0 Å². The SMILES string of the molecule is COc1ccccc1CNc1nccn(C(C)(C)C)c1=O. The predicted molar refractivity (Wildman–Crippen MR) is 83.8 cm³/mol. The number of anilines is 1. The number of hydrogen-bond donors (Lipinski definition) is 1. The highest BCUT2D eigenvalue weighted by Crippen LogP contribution is 2.18. The summed E-state index contributed by atoms with van der Waals surface area (Å²) in [7, 11) is 1.63. The zero-order chi connectivity index (χ0) is 15.5. The third kappa shape index (κ3) is 3.42. The minimum absolute atomic E-state index is 0.125. The van der Waals surface area contributed by atoms with Gasteiger partial charge < -0.3 is 14.6 Å². The Hall–Kier alpha value is -2.30. The molecule has 0 radical (unpaired) electrons. The lowest BCUT2D eigenvalue weighted by Gasteiger charge is -2.22. The van der Waals surface area contributed by atoms with Crippen LogP contribution in [0.5, 0.6) is 5.75 Å². The molecule has 0 atom stereocenters. The first-order valence-corrected chi connectivity index (χ1v) is 6.87. The summed E-state index contributed by atoms with van der Waals surface area (Å²) in [6, 6.07) is 7.70. The van der Waals surface area contributed by atoms with Gasteiger partial charge >= 0.3 is 0 Å². The highest BCUT2D eigenvalue weighted by molar-refractivity contribution is 5.38. The summed E-state index contributed by atoms with van der Waals surface area (Å²) in [4.78, 5) is 16.5. The quantitative estimate of drug-likeness (QED) is 0.939. The molecular weight excluding hydrogens is 266 g/mol. The second-order valence-electron chi connectivity index (χ2n) is 5.79. The van der Waals surface area contributed by atoms with Crippen LogP contribution >= 0.6 is 0 Å². The number of aromatic nitrogens is 2. The van der Waals surface area contributed by atoms with Gasteiger partial charge in [-0.05, 0) is 26.8 Å². The van der Waals surface area contributed by atoms with E-state index in [0.29, 0.717) is 12.4 Å². The summed E-state index contributed by atoms with van der Waals surface area (Å²) < 4.78 is 6.97. The summed E-state index contributed by atoms with van der Waals surface area (Å²) in [6.45, 7) is 6.44. The van der Waals surface area contributed by atoms with Crippen molar-refractivity contribution in [2.45, 2.75) is 32.9 Å². The monoisotopic (exact) mass is 287 g/mol. The summed E-state index contributed by atoms with van der Waals surface area (Å²) in [5, 5.41) is 3.09. The van der Waals surface area contributed by atoms with Crippen molar-refractivity contribution in [3.8, 4) is 5.75 Å². The summed E-state index contributed by atoms with van der Waals surface area (Å²) in [6.07, 6.45) is 3.34. The molecule has 0 fully saturated rings. The molecule has 0 bridgehead atoms. The molecule has 5 nitrogen and oxygen atoms in total. The van der Waals surface area contributed by atoms with Crippen LogP contribution in [0.3, 0.4) is 0 Å². The van der Waals surface area contributed by atoms with Gasteiger partial charge in [-0.1, -0.05) is 18.2 Å². The minimum Gasteiger partial charge on any atom is -0.496 e. The maximum Gasteiger partial charge on any atom is 0.293 e. The summed E-state index contributed by atoms with van der Waals surface area (Å²) in [5.41, 5.74) is 0.577. The molecule has 112 valence electrons. The molecule has 0 aliphatic heterocycles. The summed E-state index contributed by atoms with van der Waals surface area (Å²) in [5.74, 6) is 1.13. The van der Waals surface area contributed by atoms with Gasteiger partial charge in [0.1, 0.15) is 5.75 Å². The number of methoxy groups -OCH3 is 1. The molecule has 21 heavy (non-hydrogen) atoms. The number of benzene rings is 1. The first-order valence-electron chi connectivity index (χ1n) is 6.87. The van der Waals surface area contributed by atoms with Gasteiger partial charge in [0.15, 0.2) is 5.82 Å². The lowest BCUT2D eigenvalue weighted by molar-refractivity contribution is 0.383. The van der Waals surface area contributed by atoms with Crippen molar-refractivity contribution >= 4 is 5.82 Å². The van der Waals surface area contributed by atoms with Crippen molar-refractivity contribution < 1.29 is 4.74 Å². The molecule has 1 N–H and O–H groups in total. The molecule has 0 saturated heterocycles. The van der Waals surface area contributed by atoms with Gasteiger partial charge in [0.25, 0.3) is 5.56 Å². The molecule has 0 unspecified atom stereocenters. The smallest absolute Gasteiger partial charge is 0.293 e. The number of para-hydroxylation sites is 1. The second-order valence-corrected chi connectivity index (χ2v) is 5.79. The minimum atomic E-state index is -0.277. The van der Waals surface area contributed by atoms with Crippen molar-refractivity contribution in [3.05, 3.63) is 52.6 Å². The van der Waals surface area contributed by atoms with E-state index in [-0.39, 0.29) is 11.1 Å². The lowest BCUT2D eigenvalue weighted by atomic mass is 10.1. The van der Waals surface area contributed by atoms with Crippen LogP contribution in [0, 0.1) is 0 Å². The Kier molecular flexibility index (Phi) is 4.31. The number of ether oxygens (including phenoxy) is 1. The fourth-order valence-corrected chi connectivity index (χ4v) is 2.09. The van der Waals surface area contributed by atoms with E-state index in [4.69, 9.17) is 4.74 Å². The fraction of sp³-hybridized carbons (Fsp3) is 0.375. The second kappa shape index (κ2) is 5.99. The van der Waals surface area contributed by atoms with Crippen LogP contribution < -0.4 is 15.6 Å². The third-order valence-corrected chi connectivity index (χ3v) is 3.20. The lowest BCUT2D eigenvalue weighted by Crippen LogP contribution is -2.35. The maximum atomic E-state index is 12.4. The average molecular weight is 287 g/mol. The Morgan fingerprint density at radius 3 is 2.67 bits per heavy atom. The van der Waals surface area contributed by atoms with E-state index in [0.717, 1.165) is 11.3 Å². The Morgan fingerprint density at radius 1 is 1.29 bits per heavy atom. The van der Waals surface area contributed by atoms with Crippen LogP contribution in [0.1, 0.15) is 26.3 Å². The molecule has 0 aliphatic carbocycles. The molecule has 0 spiro atoms. The van der Waals surface area contributed by atoms with Gasteiger partial charge in [-0.3, -0.25) is 4.79 Å². The highest BCUT2D eigenvalue weighted by atomic mass is 16.5. The molecule has 0 saturated carbocycles. The Labute approximate surface area is 124 Å². The Bertz CT molecular complexity index is 672. The molecule has 1 heterocycles. The topological polar surface area (TPSA) is 56.1 Å². The van der Waals surface area contributed by atoms with Gasteiger partial charge in [-0.15, -0.1) is 0 Å². The van der Waals surface area contributed by atoms with Crippen LogP contribution in [0.4, 0.5) is 5.82 Å². The molecule has 0 aliphatic rings. The third-order valence-electron chi connectivity index (χ3n) is 3.20. The Balaban J connectivity index is 2.23. The number of nitrogens with one attached hydrogen (secondary N) is 1. The van der Waals surface area contributed by atoms with Crippen molar-refractivity contribution in [1.29, 1.82) is 0 Å². The fourth-order valence-electron chi connectivity index (χ4n) is 2.09. The molecule has 5 heteroatoms. The van der Waals surface area contributed by atoms with E-state index in [9.17, 15) is 4.79 Å². The molecule has 2 rings (SSSR count). The van der Waals surface area contributed by atoms with Crippen LogP contribution in [0.25, 0.3) is 0 Å². The standard InChI is InChI=1S/C16H21N3O2/c1-16(2,3)19-10-9-17-14(15(19)20)18-11-12-7-5-6-8-13(12)21-4/h5-10H,11H2,1-4H3,(H,17,18). The molecule has 2 aromatic rings. The molecule has 1 aromatic heterocycles. The number of rotatable bonds is 4. The van der Waals surface area contributed by atoms with E-state index in [1.807, 2.05) is 45.0 Å². The highest BCUT2D eigenvalue weighted by Gasteiger charge is 2.16. The predicted octanol–water partition coefficient (Wildman–Crippen LogP) is 2.62. The van der Waals surface area contributed by atoms with Crippen molar-refractivity contribution in [2.75, 3.05) is 12.4 Å². The largest absolute Gasteiger partial charge is 0.496 e. The van der Waals surface area contributed by atoms with E-state index >= 15 is 0 Å². The van der Waals surface area contributed by atoms with Crippen LogP contribution in [0.2, 0.25) is 0 Å². The van der Waals surface area contributed by atoms with Gasteiger partial charge in [0.2, 0.25) is 0 Å². The first kappa shape index (κ1) is 15.1. The number of nitrogens with zero attached hydrogens (tertiary/aromatic N) is 2.